The van der Waals surface area contributed by atoms with E-state index < -0.39 is 5.60 Å². The number of nitrogens with zero attached hydrogens (tertiary/aromatic N) is 4. The molecule has 0 radical (unpaired) electrons. The van der Waals surface area contributed by atoms with Crippen LogP contribution >= 0.6 is 11.8 Å². The van der Waals surface area contributed by atoms with Gasteiger partial charge in [0.2, 0.25) is 0 Å². The van der Waals surface area contributed by atoms with Crippen LogP contribution in [0.4, 0.5) is 4.79 Å². The van der Waals surface area contributed by atoms with E-state index in [0.717, 1.165) is 43.2 Å². The zero-order valence-corrected chi connectivity index (χ0v) is 16.1. The molecule has 1 aromatic heterocycles. The first kappa shape index (κ1) is 19.0. The Morgan fingerprint density at radius 2 is 2.12 bits per heavy atom. The van der Waals surface area contributed by atoms with Gasteiger partial charge in [-0.3, -0.25) is 9.88 Å². The Kier molecular flexibility index (Phi) is 6.46. The zero-order valence-electron chi connectivity index (χ0n) is 15.3. The van der Waals surface area contributed by atoms with Gasteiger partial charge < -0.3 is 9.64 Å². The molecule has 1 aromatic rings. The van der Waals surface area contributed by atoms with Crippen LogP contribution in [-0.2, 0) is 11.3 Å². The van der Waals surface area contributed by atoms with Gasteiger partial charge in [-0.2, -0.15) is 0 Å². The molecule has 0 aromatic carbocycles. The Morgan fingerprint density at radius 3 is 2.79 bits per heavy atom. The second-order valence-electron chi connectivity index (χ2n) is 7.13. The van der Waals surface area contributed by atoms with E-state index in [4.69, 9.17) is 4.74 Å². The summed E-state index contributed by atoms with van der Waals surface area (Å²) < 4.78 is 5.49. The van der Waals surface area contributed by atoms with Crippen molar-refractivity contribution in [2.75, 3.05) is 26.4 Å². The number of aromatic nitrogens is 2. The van der Waals surface area contributed by atoms with Gasteiger partial charge in [-0.15, -0.1) is 11.8 Å². The molecule has 2 rings (SSSR count). The summed E-state index contributed by atoms with van der Waals surface area (Å²) in [6.45, 7) is 8.30. The molecule has 0 unspecified atom stereocenters. The average Bonchev–Trinajstić information content (AvgIpc) is 2.53. The largest absolute Gasteiger partial charge is 0.444 e. The lowest BCUT2D eigenvalue weighted by atomic mass is 10.0. The molecule has 1 aliphatic rings. The molecule has 0 N–H and O–H groups in total. The lowest BCUT2D eigenvalue weighted by Crippen LogP contribution is -2.49. The molecule has 0 bridgehead atoms. The van der Waals surface area contributed by atoms with E-state index in [9.17, 15) is 4.79 Å². The molecule has 7 heteroatoms. The summed E-state index contributed by atoms with van der Waals surface area (Å²) in [5, 5.41) is 0.972. The summed E-state index contributed by atoms with van der Waals surface area (Å²) in [6, 6.07) is 0.169. The molecule has 1 amide bonds. The van der Waals surface area contributed by atoms with E-state index in [-0.39, 0.29) is 12.1 Å². The van der Waals surface area contributed by atoms with Crippen LogP contribution in [-0.4, -0.2) is 63.9 Å². The normalized spacial score (nSPS) is 19.1. The van der Waals surface area contributed by atoms with Crippen molar-refractivity contribution in [3.05, 3.63) is 18.1 Å². The Morgan fingerprint density at radius 1 is 1.42 bits per heavy atom. The zero-order chi connectivity index (χ0) is 17.7. The molecule has 0 spiro atoms. The number of carbonyl (C=O) groups excluding carboxylic acids is 1. The highest BCUT2D eigenvalue weighted by molar-refractivity contribution is 7.98. The third kappa shape index (κ3) is 5.34. The van der Waals surface area contributed by atoms with E-state index in [0.29, 0.717) is 0 Å². The number of hydrogen-bond donors (Lipinski definition) is 0. The molecule has 1 saturated heterocycles. The summed E-state index contributed by atoms with van der Waals surface area (Å²) in [4.78, 5) is 25.2. The summed E-state index contributed by atoms with van der Waals surface area (Å²) in [6.07, 6.45) is 7.30. The number of likely N-dealkylation sites (N-methyl/N-ethyl adjacent to an activating group) is 1. The van der Waals surface area contributed by atoms with Crippen LogP contribution in [0.1, 0.15) is 39.3 Å². The lowest BCUT2D eigenvalue weighted by Gasteiger charge is -2.38. The quantitative estimate of drug-likeness (QED) is 0.776. The Bertz CT molecular complexity index is 562. The standard InChI is InChI=1S/C17H28N4O2S/c1-17(2,3)23-16(22)20(4)13-7-6-10-21(11-13)12-14-15(24-5)19-9-8-18-14/h8-9,13H,6-7,10-12H2,1-5H3/t13-/m1/s1. The highest BCUT2D eigenvalue weighted by atomic mass is 32.2. The number of carbonyl (C=O) groups is 1. The predicted molar refractivity (Wildman–Crippen MR) is 96.1 cm³/mol. The SMILES string of the molecule is CSc1nccnc1CN1CCC[C@@H](N(C)C(=O)OC(C)(C)C)C1. The lowest BCUT2D eigenvalue weighted by molar-refractivity contribution is 0.0128. The minimum Gasteiger partial charge on any atom is -0.444 e. The molecular formula is C17H28N4O2S. The molecule has 0 saturated carbocycles. The molecule has 0 aliphatic carbocycles. The molecule has 2 heterocycles. The van der Waals surface area contributed by atoms with Crippen molar-refractivity contribution >= 4 is 17.9 Å². The summed E-state index contributed by atoms with van der Waals surface area (Å²) in [5.41, 5.74) is 0.539. The fraction of sp³-hybridized carbons (Fsp3) is 0.706. The fourth-order valence-corrected chi connectivity index (χ4v) is 3.34. The molecule has 24 heavy (non-hydrogen) atoms. The Hall–Kier alpha value is -1.34. The Balaban J connectivity index is 1.97. The van der Waals surface area contributed by atoms with Gasteiger partial charge in [0.15, 0.2) is 0 Å². The van der Waals surface area contributed by atoms with Gasteiger partial charge in [0.25, 0.3) is 0 Å². The van der Waals surface area contributed by atoms with Crippen LogP contribution in [0.2, 0.25) is 0 Å². The van der Waals surface area contributed by atoms with Gasteiger partial charge in [0.1, 0.15) is 10.6 Å². The fourth-order valence-electron chi connectivity index (χ4n) is 2.82. The van der Waals surface area contributed by atoms with Crippen molar-refractivity contribution in [3.8, 4) is 0 Å². The molecule has 6 nitrogen and oxygen atoms in total. The van der Waals surface area contributed by atoms with Gasteiger partial charge in [-0.05, 0) is 46.4 Å². The average molecular weight is 353 g/mol. The van der Waals surface area contributed by atoms with Crippen LogP contribution in [0, 0.1) is 0 Å². The van der Waals surface area contributed by atoms with Gasteiger partial charge in [0, 0.05) is 38.6 Å². The van der Waals surface area contributed by atoms with Gasteiger partial charge in [-0.25, -0.2) is 9.78 Å². The third-order valence-corrected chi connectivity index (χ3v) is 4.74. The van der Waals surface area contributed by atoms with Gasteiger partial charge >= 0.3 is 6.09 Å². The molecular weight excluding hydrogens is 324 g/mol. The molecule has 1 aliphatic heterocycles. The van der Waals surface area contributed by atoms with E-state index in [2.05, 4.69) is 14.9 Å². The maximum absolute atomic E-state index is 12.3. The maximum Gasteiger partial charge on any atom is 0.410 e. The number of rotatable bonds is 4. The van der Waals surface area contributed by atoms with Crippen molar-refractivity contribution in [1.29, 1.82) is 0 Å². The second kappa shape index (κ2) is 8.16. The summed E-state index contributed by atoms with van der Waals surface area (Å²) in [5.74, 6) is 0. The van der Waals surface area contributed by atoms with Gasteiger partial charge in [0.05, 0.1) is 5.69 Å². The van der Waals surface area contributed by atoms with Crippen LogP contribution in [0.25, 0.3) is 0 Å². The van der Waals surface area contributed by atoms with Crippen LogP contribution in [0.3, 0.4) is 0 Å². The monoisotopic (exact) mass is 352 g/mol. The topological polar surface area (TPSA) is 58.6 Å². The maximum atomic E-state index is 12.3. The Labute approximate surface area is 149 Å². The van der Waals surface area contributed by atoms with Crippen molar-refractivity contribution in [1.82, 2.24) is 19.8 Å². The highest BCUT2D eigenvalue weighted by Gasteiger charge is 2.29. The van der Waals surface area contributed by atoms with Crippen LogP contribution < -0.4 is 0 Å². The number of ether oxygens (including phenoxy) is 1. The van der Waals surface area contributed by atoms with E-state index in [1.165, 1.54) is 0 Å². The number of likely N-dealkylation sites (tertiary alicyclic amines) is 1. The molecule has 134 valence electrons. The van der Waals surface area contributed by atoms with E-state index >= 15 is 0 Å². The second-order valence-corrected chi connectivity index (χ2v) is 7.93. The third-order valence-electron chi connectivity index (χ3n) is 4.01. The minimum absolute atomic E-state index is 0.169. The highest BCUT2D eigenvalue weighted by Crippen LogP contribution is 2.21. The van der Waals surface area contributed by atoms with Crippen molar-refractivity contribution in [2.45, 2.75) is 56.8 Å². The molecule has 1 atom stereocenters. The minimum atomic E-state index is -0.466. The van der Waals surface area contributed by atoms with Crippen LogP contribution in [0.5, 0.6) is 0 Å². The van der Waals surface area contributed by atoms with Crippen molar-refractivity contribution in [3.63, 3.8) is 0 Å². The number of piperidine rings is 1. The number of thioether (sulfide) groups is 1. The first-order valence-corrected chi connectivity index (χ1v) is 9.54. The summed E-state index contributed by atoms with van der Waals surface area (Å²) in [7, 11) is 1.83. The molecule has 1 fully saturated rings. The smallest absolute Gasteiger partial charge is 0.410 e. The number of amides is 1. The summed E-state index contributed by atoms with van der Waals surface area (Å²) >= 11 is 1.62. The first-order chi connectivity index (χ1) is 11.3. The first-order valence-electron chi connectivity index (χ1n) is 8.32. The van der Waals surface area contributed by atoms with Crippen molar-refractivity contribution < 1.29 is 9.53 Å². The van der Waals surface area contributed by atoms with Gasteiger partial charge in [-0.1, -0.05) is 0 Å². The van der Waals surface area contributed by atoms with E-state index in [1.807, 2.05) is 34.1 Å². The predicted octanol–water partition coefficient (Wildman–Crippen LogP) is 3.03. The van der Waals surface area contributed by atoms with Crippen LogP contribution in [0.15, 0.2) is 17.4 Å². The van der Waals surface area contributed by atoms with E-state index in [1.54, 1.807) is 29.1 Å². The number of hydrogen-bond acceptors (Lipinski definition) is 6. The van der Waals surface area contributed by atoms with Crippen molar-refractivity contribution in [2.24, 2.45) is 0 Å².